The molecule has 1 aliphatic heterocycles. The van der Waals surface area contributed by atoms with Gasteiger partial charge in [-0.3, -0.25) is 4.79 Å². The molecule has 2 aliphatic rings. The van der Waals surface area contributed by atoms with Crippen molar-refractivity contribution in [3.05, 3.63) is 40.5 Å². The van der Waals surface area contributed by atoms with Gasteiger partial charge in [0.15, 0.2) is 0 Å². The summed E-state index contributed by atoms with van der Waals surface area (Å²) in [5.41, 5.74) is 2.33. The van der Waals surface area contributed by atoms with Gasteiger partial charge in [-0.05, 0) is 55.7 Å². The van der Waals surface area contributed by atoms with Gasteiger partial charge in [-0.15, -0.1) is 11.3 Å². The number of rotatable bonds is 2. The van der Waals surface area contributed by atoms with E-state index in [1.165, 1.54) is 23.3 Å². The molecule has 4 heteroatoms. The Hall–Kier alpha value is -1.55. The van der Waals surface area contributed by atoms with Gasteiger partial charge < -0.3 is 9.47 Å². The number of amides is 1. The first-order valence-electron chi connectivity index (χ1n) is 8.31. The Morgan fingerprint density at radius 2 is 2.00 bits per heavy atom. The molecule has 3 heterocycles. The van der Waals surface area contributed by atoms with Gasteiger partial charge in [0, 0.05) is 30.4 Å². The summed E-state index contributed by atoms with van der Waals surface area (Å²) >= 11 is 1.82. The Bertz CT molecular complexity index is 686. The third-order valence-electron chi connectivity index (χ3n) is 4.92. The van der Waals surface area contributed by atoms with Gasteiger partial charge in [-0.2, -0.15) is 0 Å². The molecular formula is C18H22N2OS. The van der Waals surface area contributed by atoms with E-state index in [0.717, 1.165) is 42.9 Å². The summed E-state index contributed by atoms with van der Waals surface area (Å²) in [6, 6.07) is 4.07. The van der Waals surface area contributed by atoms with E-state index in [0.29, 0.717) is 5.92 Å². The van der Waals surface area contributed by atoms with Crippen LogP contribution in [0.25, 0.3) is 5.00 Å². The van der Waals surface area contributed by atoms with E-state index < -0.39 is 0 Å². The molecule has 1 amide bonds. The van der Waals surface area contributed by atoms with Crippen LogP contribution in [-0.2, 0) is 12.8 Å². The number of hydrogen-bond acceptors (Lipinski definition) is 2. The topological polar surface area (TPSA) is 25.2 Å². The minimum absolute atomic E-state index is 0.257. The second kappa shape index (κ2) is 5.58. The zero-order valence-electron chi connectivity index (χ0n) is 13.0. The third-order valence-corrected chi connectivity index (χ3v) is 6.22. The molecule has 2 aromatic rings. The number of likely N-dealkylation sites (tertiary alicyclic amines) is 1. The SMILES string of the molecule is CC1CCN(C(=O)c2c(-n3cccc3)sc3c2CCCC3)C1. The lowest BCUT2D eigenvalue weighted by Crippen LogP contribution is -2.30. The van der Waals surface area contributed by atoms with Gasteiger partial charge >= 0.3 is 0 Å². The van der Waals surface area contributed by atoms with Crippen LogP contribution in [0.3, 0.4) is 0 Å². The van der Waals surface area contributed by atoms with E-state index in [9.17, 15) is 4.79 Å². The predicted molar refractivity (Wildman–Crippen MR) is 90.0 cm³/mol. The van der Waals surface area contributed by atoms with Crippen LogP contribution in [0.15, 0.2) is 24.5 Å². The van der Waals surface area contributed by atoms with Crippen molar-refractivity contribution in [2.75, 3.05) is 13.1 Å². The van der Waals surface area contributed by atoms with Gasteiger partial charge in [-0.1, -0.05) is 6.92 Å². The molecule has 0 N–H and O–H groups in total. The molecule has 3 nitrogen and oxygen atoms in total. The molecule has 0 radical (unpaired) electrons. The molecule has 1 saturated heterocycles. The van der Waals surface area contributed by atoms with Crippen LogP contribution in [0.1, 0.15) is 47.0 Å². The van der Waals surface area contributed by atoms with Crippen molar-refractivity contribution < 1.29 is 4.79 Å². The van der Waals surface area contributed by atoms with Crippen molar-refractivity contribution in [2.45, 2.75) is 39.0 Å². The maximum atomic E-state index is 13.2. The van der Waals surface area contributed by atoms with Crippen LogP contribution < -0.4 is 0 Å². The normalized spacial score (nSPS) is 21.1. The van der Waals surface area contributed by atoms with Gasteiger partial charge in [0.1, 0.15) is 5.00 Å². The minimum Gasteiger partial charge on any atom is -0.338 e. The average molecular weight is 314 g/mol. The fourth-order valence-electron chi connectivity index (χ4n) is 3.70. The van der Waals surface area contributed by atoms with Crippen molar-refractivity contribution in [3.8, 4) is 5.00 Å². The van der Waals surface area contributed by atoms with Crippen LogP contribution in [0.5, 0.6) is 0 Å². The van der Waals surface area contributed by atoms with Crippen LogP contribution in [0.2, 0.25) is 0 Å². The monoisotopic (exact) mass is 314 g/mol. The van der Waals surface area contributed by atoms with Crippen molar-refractivity contribution in [2.24, 2.45) is 5.92 Å². The quantitative estimate of drug-likeness (QED) is 0.825. The number of aryl methyl sites for hydroxylation is 1. The Kier molecular flexibility index (Phi) is 3.57. The van der Waals surface area contributed by atoms with Gasteiger partial charge in [0.25, 0.3) is 5.91 Å². The Labute approximate surface area is 135 Å². The number of aromatic nitrogens is 1. The fraction of sp³-hybridized carbons (Fsp3) is 0.500. The van der Waals surface area contributed by atoms with E-state index >= 15 is 0 Å². The van der Waals surface area contributed by atoms with Gasteiger partial charge in [0.05, 0.1) is 5.56 Å². The smallest absolute Gasteiger partial charge is 0.257 e. The zero-order chi connectivity index (χ0) is 15.1. The summed E-state index contributed by atoms with van der Waals surface area (Å²) in [6.07, 6.45) is 9.92. The molecule has 1 atom stereocenters. The van der Waals surface area contributed by atoms with Crippen LogP contribution in [-0.4, -0.2) is 28.5 Å². The third kappa shape index (κ3) is 2.30. The van der Waals surface area contributed by atoms with Gasteiger partial charge in [0.2, 0.25) is 0 Å². The highest BCUT2D eigenvalue weighted by Gasteiger charge is 2.31. The van der Waals surface area contributed by atoms with Crippen LogP contribution in [0.4, 0.5) is 0 Å². The molecule has 1 fully saturated rings. The lowest BCUT2D eigenvalue weighted by molar-refractivity contribution is 0.0787. The highest BCUT2D eigenvalue weighted by atomic mass is 32.1. The zero-order valence-corrected chi connectivity index (χ0v) is 13.9. The second-order valence-corrected chi connectivity index (χ2v) is 7.71. The lowest BCUT2D eigenvalue weighted by atomic mass is 9.95. The van der Waals surface area contributed by atoms with E-state index in [4.69, 9.17) is 0 Å². The molecule has 2 aromatic heterocycles. The second-order valence-electron chi connectivity index (χ2n) is 6.63. The highest BCUT2D eigenvalue weighted by Crippen LogP contribution is 2.38. The summed E-state index contributed by atoms with van der Waals surface area (Å²) in [4.78, 5) is 16.7. The molecule has 1 aliphatic carbocycles. The first-order valence-corrected chi connectivity index (χ1v) is 9.13. The molecule has 0 bridgehead atoms. The summed E-state index contributed by atoms with van der Waals surface area (Å²) in [5, 5.41) is 1.13. The Morgan fingerprint density at radius 1 is 1.23 bits per heavy atom. The summed E-state index contributed by atoms with van der Waals surface area (Å²) < 4.78 is 2.12. The van der Waals surface area contributed by atoms with Crippen molar-refractivity contribution in [3.63, 3.8) is 0 Å². The molecule has 4 rings (SSSR count). The predicted octanol–water partition coefficient (Wildman–Crippen LogP) is 3.90. The summed E-state index contributed by atoms with van der Waals surface area (Å²) in [5.74, 6) is 0.890. The first kappa shape index (κ1) is 14.1. The number of carbonyl (C=O) groups excluding carboxylic acids is 1. The standard InChI is InChI=1S/C18H22N2OS/c1-13-8-11-20(12-13)17(21)16-14-6-2-3-7-15(14)22-18(16)19-9-4-5-10-19/h4-5,9-10,13H,2-3,6-8,11-12H2,1H3. The molecule has 22 heavy (non-hydrogen) atoms. The fourth-order valence-corrected chi connectivity index (χ4v) is 5.05. The number of thiophene rings is 1. The molecular weight excluding hydrogens is 292 g/mol. The molecule has 0 aromatic carbocycles. The minimum atomic E-state index is 0.257. The summed E-state index contributed by atoms with van der Waals surface area (Å²) in [7, 11) is 0. The maximum absolute atomic E-state index is 13.2. The summed E-state index contributed by atoms with van der Waals surface area (Å²) in [6.45, 7) is 4.06. The number of fused-ring (bicyclic) bond motifs is 1. The van der Waals surface area contributed by atoms with Crippen molar-refractivity contribution in [1.29, 1.82) is 0 Å². The number of nitrogens with zero attached hydrogens (tertiary/aromatic N) is 2. The van der Waals surface area contributed by atoms with Crippen LogP contribution in [0, 0.1) is 5.92 Å². The van der Waals surface area contributed by atoms with Crippen molar-refractivity contribution >= 4 is 17.2 Å². The van der Waals surface area contributed by atoms with Crippen LogP contribution >= 0.6 is 11.3 Å². The lowest BCUT2D eigenvalue weighted by Gasteiger charge is -2.19. The largest absolute Gasteiger partial charge is 0.338 e. The number of hydrogen-bond donors (Lipinski definition) is 0. The van der Waals surface area contributed by atoms with E-state index in [1.807, 2.05) is 23.5 Å². The first-order chi connectivity index (χ1) is 10.7. The van der Waals surface area contributed by atoms with E-state index in [2.05, 4.69) is 28.8 Å². The highest BCUT2D eigenvalue weighted by molar-refractivity contribution is 7.15. The average Bonchev–Trinajstić information content (AvgIpc) is 3.25. The van der Waals surface area contributed by atoms with Crippen molar-refractivity contribution in [1.82, 2.24) is 9.47 Å². The van der Waals surface area contributed by atoms with E-state index in [-0.39, 0.29) is 5.91 Å². The Morgan fingerprint density at radius 3 is 2.73 bits per heavy atom. The Balaban J connectivity index is 1.79. The van der Waals surface area contributed by atoms with Gasteiger partial charge in [-0.25, -0.2) is 0 Å². The molecule has 1 unspecified atom stereocenters. The maximum Gasteiger partial charge on any atom is 0.257 e. The molecule has 116 valence electrons. The molecule has 0 spiro atoms. The molecule has 0 saturated carbocycles. The van der Waals surface area contributed by atoms with E-state index in [1.54, 1.807) is 0 Å². The number of carbonyl (C=O) groups is 1.